The SMILES string of the molecule is Cc1nnc(COC(=O)c2ccc(CN3C(=O)CCC3=O)cc2)n1C1CC1. The summed E-state index contributed by atoms with van der Waals surface area (Å²) >= 11 is 0. The third-order valence-corrected chi connectivity index (χ3v) is 4.87. The second-order valence-corrected chi connectivity index (χ2v) is 6.91. The van der Waals surface area contributed by atoms with Crippen LogP contribution in [0, 0.1) is 6.92 Å². The first-order valence-corrected chi connectivity index (χ1v) is 9.02. The van der Waals surface area contributed by atoms with E-state index in [1.54, 1.807) is 24.3 Å². The standard InChI is InChI=1S/C19H20N4O4/c1-12-20-21-16(23(12)15-6-7-15)11-27-19(26)14-4-2-13(3-5-14)10-22-17(24)8-9-18(22)25/h2-5,15H,6-11H2,1H3. The van der Waals surface area contributed by atoms with Gasteiger partial charge in [-0.2, -0.15) is 0 Å². The quantitative estimate of drug-likeness (QED) is 0.571. The molecule has 0 N–H and O–H groups in total. The first-order valence-electron chi connectivity index (χ1n) is 9.02. The number of hydrogen-bond acceptors (Lipinski definition) is 6. The van der Waals surface area contributed by atoms with E-state index < -0.39 is 5.97 Å². The largest absolute Gasteiger partial charge is 0.454 e. The number of hydrogen-bond donors (Lipinski definition) is 0. The number of ether oxygens (including phenoxy) is 1. The number of likely N-dealkylation sites (tertiary alicyclic amines) is 1. The van der Waals surface area contributed by atoms with Gasteiger partial charge in [-0.1, -0.05) is 12.1 Å². The molecule has 0 atom stereocenters. The van der Waals surface area contributed by atoms with Gasteiger partial charge < -0.3 is 9.30 Å². The van der Waals surface area contributed by atoms with Crippen LogP contribution in [0.15, 0.2) is 24.3 Å². The number of carbonyl (C=O) groups is 3. The van der Waals surface area contributed by atoms with Crippen LogP contribution in [0.1, 0.15) is 59.3 Å². The maximum absolute atomic E-state index is 12.3. The molecule has 2 aliphatic rings. The van der Waals surface area contributed by atoms with Gasteiger partial charge in [0.15, 0.2) is 12.4 Å². The van der Waals surface area contributed by atoms with Crippen LogP contribution in [-0.4, -0.2) is 37.4 Å². The Morgan fingerprint density at radius 3 is 2.41 bits per heavy atom. The van der Waals surface area contributed by atoms with Gasteiger partial charge in [0.1, 0.15) is 5.82 Å². The number of aromatic nitrogens is 3. The van der Waals surface area contributed by atoms with Crippen LogP contribution in [0.2, 0.25) is 0 Å². The molecule has 1 saturated heterocycles. The molecular formula is C19H20N4O4. The van der Waals surface area contributed by atoms with Gasteiger partial charge in [-0.3, -0.25) is 14.5 Å². The summed E-state index contributed by atoms with van der Waals surface area (Å²) in [6.07, 6.45) is 2.75. The van der Waals surface area contributed by atoms with E-state index in [0.29, 0.717) is 17.4 Å². The zero-order valence-corrected chi connectivity index (χ0v) is 15.1. The van der Waals surface area contributed by atoms with Crippen molar-refractivity contribution in [3.63, 3.8) is 0 Å². The molecule has 27 heavy (non-hydrogen) atoms. The molecule has 2 amide bonds. The van der Waals surface area contributed by atoms with Crippen LogP contribution < -0.4 is 0 Å². The molecule has 8 heteroatoms. The van der Waals surface area contributed by atoms with Crippen LogP contribution in [0.3, 0.4) is 0 Å². The third-order valence-electron chi connectivity index (χ3n) is 4.87. The summed E-state index contributed by atoms with van der Waals surface area (Å²) in [6.45, 7) is 2.21. The second kappa shape index (κ2) is 6.94. The first kappa shape index (κ1) is 17.4. The highest BCUT2D eigenvalue weighted by molar-refractivity contribution is 6.01. The molecule has 1 aromatic heterocycles. The van der Waals surface area contributed by atoms with E-state index in [1.807, 2.05) is 11.5 Å². The van der Waals surface area contributed by atoms with E-state index >= 15 is 0 Å². The Balaban J connectivity index is 1.37. The van der Waals surface area contributed by atoms with Crippen molar-refractivity contribution in [2.45, 2.75) is 51.8 Å². The highest BCUT2D eigenvalue weighted by Crippen LogP contribution is 2.36. The minimum Gasteiger partial charge on any atom is -0.454 e. The fourth-order valence-electron chi connectivity index (χ4n) is 3.26. The number of imide groups is 1. The van der Waals surface area contributed by atoms with Crippen LogP contribution in [0.25, 0.3) is 0 Å². The van der Waals surface area contributed by atoms with Crippen molar-refractivity contribution >= 4 is 17.8 Å². The van der Waals surface area contributed by atoms with E-state index in [0.717, 1.165) is 24.2 Å². The van der Waals surface area contributed by atoms with Crippen molar-refractivity contribution < 1.29 is 19.1 Å². The Morgan fingerprint density at radius 2 is 1.78 bits per heavy atom. The maximum Gasteiger partial charge on any atom is 0.338 e. The normalized spacial score (nSPS) is 16.9. The first-order chi connectivity index (χ1) is 13.0. The molecule has 140 valence electrons. The van der Waals surface area contributed by atoms with Gasteiger partial charge >= 0.3 is 5.97 Å². The minimum atomic E-state index is -0.446. The van der Waals surface area contributed by atoms with Gasteiger partial charge in [-0.25, -0.2) is 4.79 Å². The number of nitrogens with zero attached hydrogens (tertiary/aromatic N) is 4. The molecule has 8 nitrogen and oxygen atoms in total. The van der Waals surface area contributed by atoms with E-state index in [9.17, 15) is 14.4 Å². The Morgan fingerprint density at radius 1 is 1.11 bits per heavy atom. The molecular weight excluding hydrogens is 348 g/mol. The monoisotopic (exact) mass is 368 g/mol. The fourth-order valence-corrected chi connectivity index (χ4v) is 3.26. The molecule has 2 heterocycles. The van der Waals surface area contributed by atoms with Crippen LogP contribution in [-0.2, 0) is 27.5 Å². The molecule has 0 unspecified atom stereocenters. The Bertz CT molecular complexity index is 883. The van der Waals surface area contributed by atoms with E-state index in [-0.39, 0.29) is 37.8 Å². The topological polar surface area (TPSA) is 94.4 Å². The average Bonchev–Trinajstić information content (AvgIpc) is 3.37. The van der Waals surface area contributed by atoms with Gasteiger partial charge in [0, 0.05) is 18.9 Å². The highest BCUT2D eigenvalue weighted by atomic mass is 16.5. The van der Waals surface area contributed by atoms with E-state index in [1.165, 1.54) is 4.90 Å². The average molecular weight is 368 g/mol. The summed E-state index contributed by atoms with van der Waals surface area (Å²) in [4.78, 5) is 36.9. The van der Waals surface area contributed by atoms with Gasteiger partial charge in [-0.15, -0.1) is 10.2 Å². The second-order valence-electron chi connectivity index (χ2n) is 6.91. The Hall–Kier alpha value is -3.03. The van der Waals surface area contributed by atoms with Crippen LogP contribution >= 0.6 is 0 Å². The molecule has 2 aromatic rings. The number of rotatable bonds is 6. The summed E-state index contributed by atoms with van der Waals surface area (Å²) in [5.74, 6) is 0.736. The van der Waals surface area contributed by atoms with Crippen molar-refractivity contribution in [2.75, 3.05) is 0 Å². The van der Waals surface area contributed by atoms with Crippen molar-refractivity contribution in [1.82, 2.24) is 19.7 Å². The van der Waals surface area contributed by atoms with Crippen molar-refractivity contribution in [1.29, 1.82) is 0 Å². The third kappa shape index (κ3) is 3.60. The van der Waals surface area contributed by atoms with E-state index in [2.05, 4.69) is 10.2 Å². The molecule has 1 saturated carbocycles. The molecule has 1 aliphatic carbocycles. The van der Waals surface area contributed by atoms with Gasteiger partial charge in [0.2, 0.25) is 11.8 Å². The van der Waals surface area contributed by atoms with E-state index in [4.69, 9.17) is 4.74 Å². The number of benzene rings is 1. The zero-order chi connectivity index (χ0) is 19.0. The summed E-state index contributed by atoms with van der Waals surface area (Å²) < 4.78 is 7.40. The number of esters is 1. The molecule has 1 aromatic carbocycles. The molecule has 0 radical (unpaired) electrons. The van der Waals surface area contributed by atoms with Crippen molar-refractivity contribution in [2.24, 2.45) is 0 Å². The summed E-state index contributed by atoms with van der Waals surface area (Å²) in [5, 5.41) is 8.16. The number of amides is 2. The highest BCUT2D eigenvalue weighted by Gasteiger charge is 2.29. The predicted octanol–water partition coefficient (Wildman–Crippen LogP) is 1.93. The predicted molar refractivity (Wildman–Crippen MR) is 93.4 cm³/mol. The van der Waals surface area contributed by atoms with Crippen molar-refractivity contribution in [3.05, 3.63) is 47.0 Å². The van der Waals surface area contributed by atoms with Gasteiger partial charge in [0.05, 0.1) is 12.1 Å². The van der Waals surface area contributed by atoms with Crippen LogP contribution in [0.4, 0.5) is 0 Å². The molecule has 0 bridgehead atoms. The van der Waals surface area contributed by atoms with Crippen LogP contribution in [0.5, 0.6) is 0 Å². The number of carbonyl (C=O) groups excluding carboxylic acids is 3. The molecule has 1 aliphatic heterocycles. The smallest absolute Gasteiger partial charge is 0.338 e. The summed E-state index contributed by atoms with van der Waals surface area (Å²) in [7, 11) is 0. The minimum absolute atomic E-state index is 0.0781. The lowest BCUT2D eigenvalue weighted by Gasteiger charge is -2.13. The lowest BCUT2D eigenvalue weighted by Crippen LogP contribution is -2.28. The number of aryl methyl sites for hydroxylation is 1. The maximum atomic E-state index is 12.3. The zero-order valence-electron chi connectivity index (χ0n) is 15.1. The molecule has 0 spiro atoms. The van der Waals surface area contributed by atoms with Gasteiger partial charge in [0.25, 0.3) is 0 Å². The fraction of sp³-hybridized carbons (Fsp3) is 0.421. The molecule has 2 fully saturated rings. The summed E-state index contributed by atoms with van der Waals surface area (Å²) in [6, 6.07) is 7.15. The Kier molecular flexibility index (Phi) is 4.47. The molecule has 4 rings (SSSR count). The van der Waals surface area contributed by atoms with Gasteiger partial charge in [-0.05, 0) is 37.5 Å². The lowest BCUT2D eigenvalue weighted by atomic mass is 10.1. The Labute approximate surface area is 156 Å². The lowest BCUT2D eigenvalue weighted by molar-refractivity contribution is -0.139. The van der Waals surface area contributed by atoms with Crippen molar-refractivity contribution in [3.8, 4) is 0 Å². The summed E-state index contributed by atoms with van der Waals surface area (Å²) in [5.41, 5.74) is 1.20.